The predicted octanol–water partition coefficient (Wildman–Crippen LogP) is 4.22. The smallest absolute Gasteiger partial charge is 0.235 e. The van der Waals surface area contributed by atoms with E-state index in [1.54, 1.807) is 0 Å². The van der Waals surface area contributed by atoms with Crippen LogP contribution in [0.4, 0.5) is 5.69 Å². The lowest BCUT2D eigenvalue weighted by molar-refractivity contribution is 0.486. The zero-order valence-corrected chi connectivity index (χ0v) is 13.5. The van der Waals surface area contributed by atoms with E-state index in [9.17, 15) is 8.42 Å². The van der Waals surface area contributed by atoms with Crippen molar-refractivity contribution in [2.45, 2.75) is 49.1 Å². The third-order valence-corrected chi connectivity index (χ3v) is 5.98. The van der Waals surface area contributed by atoms with E-state index in [4.69, 9.17) is 0 Å². The minimum Gasteiger partial charge on any atom is -0.283 e. The molecule has 0 bridgehead atoms. The van der Waals surface area contributed by atoms with E-state index in [0.29, 0.717) is 5.69 Å². The van der Waals surface area contributed by atoms with E-state index in [-0.39, 0.29) is 10.1 Å². The Bertz CT molecular complexity index is 522. The molecule has 0 heterocycles. The summed E-state index contributed by atoms with van der Waals surface area (Å²) in [6.45, 7) is 1.99. The molecule has 0 spiro atoms. The zero-order valence-electron chi connectivity index (χ0n) is 11.1. The molecule has 1 fully saturated rings. The van der Waals surface area contributed by atoms with E-state index in [2.05, 4.69) is 20.7 Å². The van der Waals surface area contributed by atoms with Crippen molar-refractivity contribution < 1.29 is 8.42 Å². The van der Waals surface area contributed by atoms with Gasteiger partial charge in [-0.25, -0.2) is 8.42 Å². The van der Waals surface area contributed by atoms with Crippen LogP contribution in [0.25, 0.3) is 0 Å². The van der Waals surface area contributed by atoms with Crippen LogP contribution in [0.5, 0.6) is 0 Å². The summed E-state index contributed by atoms with van der Waals surface area (Å²) in [6.07, 6.45) is 4.74. The molecule has 0 radical (unpaired) electrons. The monoisotopic (exact) mass is 345 g/mol. The SMILES string of the molecule is CC(Br)c1ccccc1NS(=O)(=O)C1CCCCC1. The molecule has 106 valence electrons. The second-order valence-electron chi connectivity index (χ2n) is 5.11. The van der Waals surface area contributed by atoms with E-state index in [0.717, 1.165) is 37.7 Å². The average molecular weight is 346 g/mol. The van der Waals surface area contributed by atoms with Gasteiger partial charge in [0.2, 0.25) is 10.0 Å². The van der Waals surface area contributed by atoms with Gasteiger partial charge >= 0.3 is 0 Å². The molecule has 1 aliphatic rings. The van der Waals surface area contributed by atoms with Crippen LogP contribution in [0.1, 0.15) is 49.4 Å². The second kappa shape index (κ2) is 6.27. The van der Waals surface area contributed by atoms with Crippen molar-refractivity contribution in [3.63, 3.8) is 0 Å². The number of anilines is 1. The van der Waals surface area contributed by atoms with Crippen LogP contribution in [0, 0.1) is 0 Å². The Balaban J connectivity index is 2.20. The first-order valence-electron chi connectivity index (χ1n) is 6.75. The maximum Gasteiger partial charge on any atom is 0.235 e. The standard InChI is InChI=1S/C14H20BrNO2S/c1-11(15)13-9-5-6-10-14(13)16-19(17,18)12-7-3-2-4-8-12/h5-6,9-12,16H,2-4,7-8H2,1H3. The van der Waals surface area contributed by atoms with Crippen molar-refractivity contribution in [1.29, 1.82) is 0 Å². The maximum atomic E-state index is 12.4. The van der Waals surface area contributed by atoms with Crippen LogP contribution in [0.3, 0.4) is 0 Å². The summed E-state index contributed by atoms with van der Waals surface area (Å²) < 4.78 is 27.6. The molecule has 0 aromatic heterocycles. The van der Waals surface area contributed by atoms with Crippen LogP contribution >= 0.6 is 15.9 Å². The van der Waals surface area contributed by atoms with Gasteiger partial charge in [0.25, 0.3) is 0 Å². The molecule has 1 N–H and O–H groups in total. The van der Waals surface area contributed by atoms with Gasteiger partial charge in [-0.05, 0) is 31.4 Å². The Morgan fingerprint density at radius 1 is 1.21 bits per heavy atom. The number of para-hydroxylation sites is 1. The summed E-state index contributed by atoms with van der Waals surface area (Å²) in [6, 6.07) is 7.55. The fraction of sp³-hybridized carbons (Fsp3) is 0.571. The Kier molecular flexibility index (Phi) is 4.90. The fourth-order valence-electron chi connectivity index (χ4n) is 2.55. The fourth-order valence-corrected chi connectivity index (χ4v) is 4.56. The molecule has 1 saturated carbocycles. The zero-order chi connectivity index (χ0) is 13.9. The molecule has 0 amide bonds. The first kappa shape index (κ1) is 14.9. The average Bonchev–Trinajstić information content (AvgIpc) is 2.39. The van der Waals surface area contributed by atoms with Gasteiger partial charge in [0, 0.05) is 4.83 Å². The first-order valence-corrected chi connectivity index (χ1v) is 9.21. The summed E-state index contributed by atoms with van der Waals surface area (Å²) in [5, 5.41) is -0.236. The Morgan fingerprint density at radius 3 is 2.47 bits per heavy atom. The number of halogens is 1. The highest BCUT2D eigenvalue weighted by Gasteiger charge is 2.27. The molecule has 1 atom stereocenters. The van der Waals surface area contributed by atoms with Crippen molar-refractivity contribution in [3.8, 4) is 0 Å². The third kappa shape index (κ3) is 3.72. The summed E-state index contributed by atoms with van der Waals surface area (Å²) in [4.78, 5) is 0.123. The van der Waals surface area contributed by atoms with Crippen LogP contribution in [0.2, 0.25) is 0 Å². The van der Waals surface area contributed by atoms with E-state index >= 15 is 0 Å². The van der Waals surface area contributed by atoms with Crippen LogP contribution in [-0.4, -0.2) is 13.7 Å². The normalized spacial score (nSPS) is 19.1. The largest absolute Gasteiger partial charge is 0.283 e. The van der Waals surface area contributed by atoms with Crippen LogP contribution < -0.4 is 4.72 Å². The molecule has 0 aliphatic heterocycles. The highest BCUT2D eigenvalue weighted by Crippen LogP contribution is 2.31. The number of alkyl halides is 1. The number of hydrogen-bond acceptors (Lipinski definition) is 2. The molecule has 1 unspecified atom stereocenters. The van der Waals surface area contributed by atoms with Crippen molar-refractivity contribution in [3.05, 3.63) is 29.8 Å². The van der Waals surface area contributed by atoms with E-state index in [1.165, 1.54) is 0 Å². The van der Waals surface area contributed by atoms with Gasteiger partial charge in [0.1, 0.15) is 0 Å². The van der Waals surface area contributed by atoms with Crippen LogP contribution in [-0.2, 0) is 10.0 Å². The number of benzene rings is 1. The first-order chi connectivity index (χ1) is 9.00. The van der Waals surface area contributed by atoms with Crippen molar-refractivity contribution in [2.24, 2.45) is 0 Å². The lowest BCUT2D eigenvalue weighted by atomic mass is 10.0. The van der Waals surface area contributed by atoms with E-state index in [1.807, 2.05) is 31.2 Å². The maximum absolute atomic E-state index is 12.4. The van der Waals surface area contributed by atoms with Gasteiger partial charge in [-0.3, -0.25) is 4.72 Å². The van der Waals surface area contributed by atoms with Gasteiger partial charge in [0.15, 0.2) is 0 Å². The molecule has 1 aliphatic carbocycles. The molecule has 1 aromatic carbocycles. The quantitative estimate of drug-likeness (QED) is 0.830. The molecule has 5 heteroatoms. The third-order valence-electron chi connectivity index (χ3n) is 3.63. The highest BCUT2D eigenvalue weighted by molar-refractivity contribution is 9.09. The Morgan fingerprint density at radius 2 is 1.84 bits per heavy atom. The van der Waals surface area contributed by atoms with Gasteiger partial charge < -0.3 is 0 Å². The van der Waals surface area contributed by atoms with Crippen molar-refractivity contribution in [2.75, 3.05) is 4.72 Å². The van der Waals surface area contributed by atoms with Crippen LogP contribution in [0.15, 0.2) is 24.3 Å². The molecular weight excluding hydrogens is 326 g/mol. The number of sulfonamides is 1. The van der Waals surface area contributed by atoms with Crippen molar-refractivity contribution in [1.82, 2.24) is 0 Å². The summed E-state index contributed by atoms with van der Waals surface area (Å²) in [5.74, 6) is 0. The lowest BCUT2D eigenvalue weighted by Crippen LogP contribution is -2.30. The Labute approximate surface area is 124 Å². The van der Waals surface area contributed by atoms with Gasteiger partial charge in [0.05, 0.1) is 10.9 Å². The molecule has 19 heavy (non-hydrogen) atoms. The topological polar surface area (TPSA) is 46.2 Å². The molecule has 2 rings (SSSR count). The number of rotatable bonds is 4. The number of hydrogen-bond donors (Lipinski definition) is 1. The summed E-state index contributed by atoms with van der Waals surface area (Å²) >= 11 is 3.50. The predicted molar refractivity (Wildman–Crippen MR) is 83.2 cm³/mol. The molecular formula is C14H20BrNO2S. The minimum atomic E-state index is -3.26. The summed E-state index contributed by atoms with van der Waals surface area (Å²) in [5.41, 5.74) is 1.67. The number of nitrogens with one attached hydrogen (secondary N) is 1. The minimum absolute atomic E-state index is 0.123. The molecule has 3 nitrogen and oxygen atoms in total. The Hall–Kier alpha value is -0.550. The van der Waals surface area contributed by atoms with Gasteiger partial charge in [-0.15, -0.1) is 0 Å². The van der Waals surface area contributed by atoms with Crippen molar-refractivity contribution >= 4 is 31.6 Å². The molecule has 1 aromatic rings. The van der Waals surface area contributed by atoms with Gasteiger partial charge in [-0.2, -0.15) is 0 Å². The van der Waals surface area contributed by atoms with E-state index < -0.39 is 10.0 Å². The lowest BCUT2D eigenvalue weighted by Gasteiger charge is -2.23. The van der Waals surface area contributed by atoms with Gasteiger partial charge in [-0.1, -0.05) is 53.4 Å². The molecule has 0 saturated heterocycles. The second-order valence-corrected chi connectivity index (χ2v) is 8.44. The summed E-state index contributed by atoms with van der Waals surface area (Å²) in [7, 11) is -3.26. The highest BCUT2D eigenvalue weighted by atomic mass is 79.9.